The minimum absolute atomic E-state index is 0.00134. The number of anilines is 1. The third kappa shape index (κ3) is 3.85. The standard InChI is InChI=1S/C15H22N2O4/c1-11(2)21-15-9-13(3-4-14(15)17(19)20)16-7-5-12(10-16)6-8-18/h3-4,9,11-12,18H,5-8,10H2,1-2H3. The number of ether oxygens (including phenoxy) is 1. The summed E-state index contributed by atoms with van der Waals surface area (Å²) in [4.78, 5) is 12.8. The Morgan fingerprint density at radius 1 is 1.52 bits per heavy atom. The highest BCUT2D eigenvalue weighted by Gasteiger charge is 2.24. The van der Waals surface area contributed by atoms with Crippen LogP contribution < -0.4 is 9.64 Å². The van der Waals surface area contributed by atoms with Crippen molar-refractivity contribution >= 4 is 11.4 Å². The van der Waals surface area contributed by atoms with Crippen LogP contribution in [0.15, 0.2) is 18.2 Å². The van der Waals surface area contributed by atoms with E-state index in [0.29, 0.717) is 11.7 Å². The summed E-state index contributed by atoms with van der Waals surface area (Å²) in [7, 11) is 0. The summed E-state index contributed by atoms with van der Waals surface area (Å²) < 4.78 is 5.57. The number of hydrogen-bond acceptors (Lipinski definition) is 5. The molecule has 1 unspecified atom stereocenters. The normalized spacial score (nSPS) is 18.3. The Balaban J connectivity index is 2.19. The fourth-order valence-electron chi connectivity index (χ4n) is 2.68. The molecule has 21 heavy (non-hydrogen) atoms. The molecule has 1 fully saturated rings. The molecule has 0 bridgehead atoms. The SMILES string of the molecule is CC(C)Oc1cc(N2CCC(CCO)C2)ccc1[N+](=O)[O-]. The van der Waals surface area contributed by atoms with Crippen LogP contribution >= 0.6 is 0 Å². The smallest absolute Gasteiger partial charge is 0.311 e. The second kappa shape index (κ2) is 6.76. The first kappa shape index (κ1) is 15.6. The molecule has 0 spiro atoms. The average molecular weight is 294 g/mol. The molecule has 0 aliphatic carbocycles. The number of rotatable bonds is 6. The van der Waals surface area contributed by atoms with E-state index >= 15 is 0 Å². The Labute approximate surface area is 124 Å². The molecule has 1 heterocycles. The van der Waals surface area contributed by atoms with Crippen molar-refractivity contribution in [3.05, 3.63) is 28.3 Å². The molecule has 1 aliphatic rings. The van der Waals surface area contributed by atoms with Gasteiger partial charge in [-0.05, 0) is 38.7 Å². The summed E-state index contributed by atoms with van der Waals surface area (Å²) in [5, 5.41) is 20.1. The zero-order valence-corrected chi connectivity index (χ0v) is 12.5. The van der Waals surface area contributed by atoms with Gasteiger partial charge in [-0.3, -0.25) is 10.1 Å². The fourth-order valence-corrected chi connectivity index (χ4v) is 2.68. The van der Waals surface area contributed by atoms with Crippen molar-refractivity contribution in [1.29, 1.82) is 0 Å². The lowest BCUT2D eigenvalue weighted by atomic mass is 10.1. The number of aliphatic hydroxyl groups excluding tert-OH is 1. The molecule has 1 aromatic carbocycles. The van der Waals surface area contributed by atoms with Gasteiger partial charge in [-0.15, -0.1) is 0 Å². The highest BCUT2D eigenvalue weighted by molar-refractivity contribution is 5.59. The molecule has 1 aliphatic heterocycles. The zero-order valence-electron chi connectivity index (χ0n) is 12.5. The molecular formula is C15H22N2O4. The summed E-state index contributed by atoms with van der Waals surface area (Å²) in [6, 6.07) is 5.03. The van der Waals surface area contributed by atoms with Gasteiger partial charge in [0.1, 0.15) is 0 Å². The Hall–Kier alpha value is -1.82. The monoisotopic (exact) mass is 294 g/mol. The number of nitro benzene ring substituents is 1. The second-order valence-electron chi connectivity index (χ2n) is 5.69. The second-order valence-corrected chi connectivity index (χ2v) is 5.69. The average Bonchev–Trinajstić information content (AvgIpc) is 2.86. The Kier molecular flexibility index (Phi) is 5.01. The van der Waals surface area contributed by atoms with Crippen molar-refractivity contribution < 1.29 is 14.8 Å². The highest BCUT2D eigenvalue weighted by atomic mass is 16.6. The van der Waals surface area contributed by atoms with Gasteiger partial charge in [0.05, 0.1) is 11.0 Å². The largest absolute Gasteiger partial charge is 0.484 e. The van der Waals surface area contributed by atoms with E-state index in [2.05, 4.69) is 4.90 Å². The van der Waals surface area contributed by atoms with Gasteiger partial charge in [-0.1, -0.05) is 0 Å². The van der Waals surface area contributed by atoms with Gasteiger partial charge in [0, 0.05) is 37.5 Å². The first-order valence-corrected chi connectivity index (χ1v) is 7.32. The van der Waals surface area contributed by atoms with Crippen LogP contribution in [0.2, 0.25) is 0 Å². The minimum Gasteiger partial charge on any atom is -0.484 e. The molecule has 116 valence electrons. The molecule has 1 N–H and O–H groups in total. The Bertz CT molecular complexity index is 504. The summed E-state index contributed by atoms with van der Waals surface area (Å²) in [6.07, 6.45) is 1.73. The first-order chi connectivity index (χ1) is 10.0. The molecular weight excluding hydrogens is 272 g/mol. The van der Waals surface area contributed by atoms with Gasteiger partial charge in [0.15, 0.2) is 5.75 Å². The number of benzene rings is 1. The molecule has 0 aromatic heterocycles. The van der Waals surface area contributed by atoms with Crippen molar-refractivity contribution in [2.75, 3.05) is 24.6 Å². The Morgan fingerprint density at radius 2 is 2.29 bits per heavy atom. The van der Waals surface area contributed by atoms with E-state index in [9.17, 15) is 10.1 Å². The molecule has 2 rings (SSSR count). The van der Waals surface area contributed by atoms with E-state index in [1.54, 1.807) is 12.1 Å². The lowest BCUT2D eigenvalue weighted by molar-refractivity contribution is -0.386. The summed E-state index contributed by atoms with van der Waals surface area (Å²) in [5.74, 6) is 0.803. The van der Waals surface area contributed by atoms with E-state index in [1.165, 1.54) is 6.07 Å². The van der Waals surface area contributed by atoms with Crippen LogP contribution in [-0.4, -0.2) is 35.8 Å². The first-order valence-electron chi connectivity index (χ1n) is 7.32. The lowest BCUT2D eigenvalue weighted by Crippen LogP contribution is -2.20. The number of aliphatic hydroxyl groups is 1. The van der Waals surface area contributed by atoms with E-state index in [1.807, 2.05) is 13.8 Å². The van der Waals surface area contributed by atoms with Crippen molar-refractivity contribution in [1.82, 2.24) is 0 Å². The highest BCUT2D eigenvalue weighted by Crippen LogP contribution is 2.34. The van der Waals surface area contributed by atoms with E-state index in [4.69, 9.17) is 9.84 Å². The van der Waals surface area contributed by atoms with Gasteiger partial charge in [-0.2, -0.15) is 0 Å². The third-order valence-electron chi connectivity index (χ3n) is 3.69. The van der Waals surface area contributed by atoms with Crippen LogP contribution in [0.25, 0.3) is 0 Å². The van der Waals surface area contributed by atoms with Gasteiger partial charge >= 0.3 is 5.69 Å². The molecule has 6 nitrogen and oxygen atoms in total. The van der Waals surface area contributed by atoms with Crippen LogP contribution in [0.5, 0.6) is 5.75 Å². The van der Waals surface area contributed by atoms with E-state index in [0.717, 1.165) is 31.6 Å². The van der Waals surface area contributed by atoms with Crippen LogP contribution in [0.1, 0.15) is 26.7 Å². The Morgan fingerprint density at radius 3 is 2.90 bits per heavy atom. The molecule has 6 heteroatoms. The van der Waals surface area contributed by atoms with Crippen LogP contribution in [0, 0.1) is 16.0 Å². The minimum atomic E-state index is -0.417. The van der Waals surface area contributed by atoms with Crippen molar-refractivity contribution in [3.8, 4) is 5.75 Å². The van der Waals surface area contributed by atoms with Gasteiger partial charge in [0.25, 0.3) is 0 Å². The van der Waals surface area contributed by atoms with Crippen molar-refractivity contribution in [2.24, 2.45) is 5.92 Å². The quantitative estimate of drug-likeness (QED) is 0.644. The van der Waals surface area contributed by atoms with Crippen LogP contribution in [0.3, 0.4) is 0 Å². The zero-order chi connectivity index (χ0) is 15.4. The van der Waals surface area contributed by atoms with Crippen molar-refractivity contribution in [2.45, 2.75) is 32.8 Å². The summed E-state index contributed by atoms with van der Waals surface area (Å²) >= 11 is 0. The number of hydrogen-bond donors (Lipinski definition) is 1. The summed E-state index contributed by atoms with van der Waals surface area (Å²) in [5.41, 5.74) is 0.940. The molecule has 0 saturated carbocycles. The maximum absolute atomic E-state index is 11.1. The molecule has 0 amide bonds. The maximum Gasteiger partial charge on any atom is 0.311 e. The predicted octanol–water partition coefficient (Wildman–Crippen LogP) is 2.59. The van der Waals surface area contributed by atoms with Crippen LogP contribution in [0.4, 0.5) is 11.4 Å². The summed E-state index contributed by atoms with van der Waals surface area (Å²) in [6.45, 7) is 5.69. The molecule has 1 saturated heterocycles. The van der Waals surface area contributed by atoms with Gasteiger partial charge in [-0.25, -0.2) is 0 Å². The fraction of sp³-hybridized carbons (Fsp3) is 0.600. The lowest BCUT2D eigenvalue weighted by Gasteiger charge is -2.20. The topological polar surface area (TPSA) is 75.8 Å². The number of nitro groups is 1. The van der Waals surface area contributed by atoms with Gasteiger partial charge < -0.3 is 14.7 Å². The van der Waals surface area contributed by atoms with Crippen molar-refractivity contribution in [3.63, 3.8) is 0 Å². The molecule has 0 radical (unpaired) electrons. The molecule has 1 atom stereocenters. The predicted molar refractivity (Wildman–Crippen MR) is 80.9 cm³/mol. The third-order valence-corrected chi connectivity index (χ3v) is 3.69. The van der Waals surface area contributed by atoms with Crippen LogP contribution in [-0.2, 0) is 0 Å². The maximum atomic E-state index is 11.1. The van der Waals surface area contributed by atoms with E-state index < -0.39 is 4.92 Å². The number of nitrogens with zero attached hydrogens (tertiary/aromatic N) is 2. The van der Waals surface area contributed by atoms with E-state index in [-0.39, 0.29) is 18.4 Å². The van der Waals surface area contributed by atoms with Gasteiger partial charge in [0.2, 0.25) is 0 Å². The molecule has 1 aromatic rings.